The number of carbonyl (C=O) groups excluding carboxylic acids is 1. The maximum Gasteiger partial charge on any atom is 0.410 e. The second kappa shape index (κ2) is 8.46. The highest BCUT2D eigenvalue weighted by Crippen LogP contribution is 2.38. The van der Waals surface area contributed by atoms with Gasteiger partial charge in [0.1, 0.15) is 5.60 Å². The topological polar surface area (TPSA) is 45.7 Å². The molecule has 2 aromatic rings. The lowest BCUT2D eigenvalue weighted by atomic mass is 9.90. The second-order valence-corrected chi connectivity index (χ2v) is 11.3. The van der Waals surface area contributed by atoms with E-state index >= 15 is 0 Å². The summed E-state index contributed by atoms with van der Waals surface area (Å²) in [5, 5.41) is 1.26. The van der Waals surface area contributed by atoms with E-state index in [4.69, 9.17) is 9.72 Å². The Hall–Kier alpha value is -1.66. The predicted octanol–water partition coefficient (Wildman–Crippen LogP) is 5.81. The van der Waals surface area contributed by atoms with Crippen molar-refractivity contribution in [3.05, 3.63) is 28.8 Å². The predicted molar refractivity (Wildman–Crippen MR) is 123 cm³/mol. The van der Waals surface area contributed by atoms with Crippen LogP contribution in [0.3, 0.4) is 0 Å². The molecule has 30 heavy (non-hydrogen) atoms. The van der Waals surface area contributed by atoms with Gasteiger partial charge in [-0.25, -0.2) is 9.78 Å². The maximum atomic E-state index is 12.9. The minimum Gasteiger partial charge on any atom is -0.444 e. The third kappa shape index (κ3) is 4.80. The van der Waals surface area contributed by atoms with Crippen LogP contribution < -0.4 is 0 Å². The molecule has 1 aromatic heterocycles. The zero-order valence-corrected chi connectivity index (χ0v) is 19.8. The molecule has 3 heterocycles. The molecule has 5 nitrogen and oxygen atoms in total. The minimum absolute atomic E-state index is 0.0615. The molecule has 0 aliphatic carbocycles. The monoisotopic (exact) mass is 429 g/mol. The lowest BCUT2D eigenvalue weighted by Crippen LogP contribution is -2.44. The van der Waals surface area contributed by atoms with Crippen molar-refractivity contribution in [2.75, 3.05) is 26.7 Å². The number of fused-ring (bicyclic) bond motifs is 1. The van der Waals surface area contributed by atoms with Crippen LogP contribution in [-0.4, -0.2) is 53.2 Å². The Morgan fingerprint density at radius 2 is 2.00 bits per heavy atom. The van der Waals surface area contributed by atoms with Gasteiger partial charge in [0.25, 0.3) is 0 Å². The maximum absolute atomic E-state index is 12.9. The molecule has 164 valence electrons. The lowest BCUT2D eigenvalue weighted by Gasteiger charge is -2.39. The smallest absolute Gasteiger partial charge is 0.410 e. The molecule has 1 amide bonds. The van der Waals surface area contributed by atoms with Gasteiger partial charge < -0.3 is 14.5 Å². The minimum atomic E-state index is -0.483. The van der Waals surface area contributed by atoms with Crippen LogP contribution in [0.4, 0.5) is 4.79 Å². The van der Waals surface area contributed by atoms with Crippen LogP contribution in [0.25, 0.3) is 10.2 Å². The van der Waals surface area contributed by atoms with Gasteiger partial charge in [-0.2, -0.15) is 0 Å². The highest BCUT2D eigenvalue weighted by Gasteiger charge is 2.34. The Bertz CT molecular complexity index is 903. The molecule has 2 aliphatic heterocycles. The zero-order chi connectivity index (χ0) is 21.5. The van der Waals surface area contributed by atoms with Gasteiger partial charge in [-0.1, -0.05) is 13.0 Å². The van der Waals surface area contributed by atoms with Crippen LogP contribution in [0, 0.1) is 5.92 Å². The fourth-order valence-electron chi connectivity index (χ4n) is 4.73. The molecule has 0 radical (unpaired) electrons. The summed E-state index contributed by atoms with van der Waals surface area (Å²) in [6.45, 7) is 11.0. The molecule has 0 bridgehead atoms. The number of aromatic nitrogens is 1. The summed E-state index contributed by atoms with van der Waals surface area (Å²) in [4.78, 5) is 22.3. The summed E-state index contributed by atoms with van der Waals surface area (Å²) < 4.78 is 6.97. The first-order chi connectivity index (χ1) is 14.2. The van der Waals surface area contributed by atoms with Crippen LogP contribution in [0.15, 0.2) is 18.2 Å². The van der Waals surface area contributed by atoms with E-state index in [9.17, 15) is 4.79 Å². The normalized spacial score (nSPS) is 26.2. The molecule has 2 fully saturated rings. The van der Waals surface area contributed by atoms with Crippen molar-refractivity contribution in [2.24, 2.45) is 5.92 Å². The van der Waals surface area contributed by atoms with Gasteiger partial charge in [0.05, 0.1) is 21.3 Å². The van der Waals surface area contributed by atoms with Gasteiger partial charge in [-0.05, 0) is 83.7 Å². The van der Waals surface area contributed by atoms with Crippen LogP contribution in [-0.2, 0) is 4.74 Å². The molecule has 2 saturated heterocycles. The largest absolute Gasteiger partial charge is 0.444 e. The highest BCUT2D eigenvalue weighted by molar-refractivity contribution is 7.18. The van der Waals surface area contributed by atoms with Crippen molar-refractivity contribution in [1.29, 1.82) is 0 Å². The molecular weight excluding hydrogens is 394 g/mol. The number of ether oxygens (including phenoxy) is 1. The first-order valence-electron chi connectivity index (χ1n) is 11.3. The number of hydrogen-bond acceptors (Lipinski definition) is 5. The number of likely N-dealkylation sites (tertiary alicyclic amines) is 2. The Kier molecular flexibility index (Phi) is 6.08. The molecule has 0 N–H and O–H groups in total. The second-order valence-electron chi connectivity index (χ2n) is 10.2. The van der Waals surface area contributed by atoms with E-state index in [2.05, 4.69) is 37.1 Å². The number of carbonyl (C=O) groups is 1. The molecule has 0 unspecified atom stereocenters. The van der Waals surface area contributed by atoms with Crippen molar-refractivity contribution in [2.45, 2.75) is 70.9 Å². The van der Waals surface area contributed by atoms with Crippen molar-refractivity contribution in [3.63, 3.8) is 0 Å². The number of amides is 1. The number of hydrogen-bond donors (Lipinski definition) is 0. The molecule has 4 rings (SSSR count). The third-order valence-corrected chi connectivity index (χ3v) is 7.43. The standard InChI is InChI=1S/C24H35N3O2S/c1-16-8-10-20(27(14-16)23(28)29-24(2,3)4)17-9-11-21-19(13-17)25-22(30-21)18-7-6-12-26(5)15-18/h9,11,13,16,18,20H,6-8,10,12,14-15H2,1-5H3/t16-,18-,20+/m0/s1. The lowest BCUT2D eigenvalue weighted by molar-refractivity contribution is 0.00365. The van der Waals surface area contributed by atoms with Crippen LogP contribution in [0.1, 0.15) is 75.9 Å². The molecule has 0 spiro atoms. The van der Waals surface area contributed by atoms with Gasteiger partial charge in [0, 0.05) is 19.0 Å². The average Bonchev–Trinajstić information content (AvgIpc) is 3.10. The van der Waals surface area contributed by atoms with E-state index in [1.165, 1.54) is 34.7 Å². The van der Waals surface area contributed by atoms with Crippen LogP contribution in [0.5, 0.6) is 0 Å². The summed E-state index contributed by atoms with van der Waals surface area (Å²) in [5.41, 5.74) is 1.77. The van der Waals surface area contributed by atoms with Crippen LogP contribution in [0.2, 0.25) is 0 Å². The fraction of sp³-hybridized carbons (Fsp3) is 0.667. The summed E-state index contributed by atoms with van der Waals surface area (Å²) in [6.07, 6.45) is 4.36. The summed E-state index contributed by atoms with van der Waals surface area (Å²) in [7, 11) is 2.20. The van der Waals surface area contributed by atoms with Crippen molar-refractivity contribution in [1.82, 2.24) is 14.8 Å². The summed E-state index contributed by atoms with van der Waals surface area (Å²) >= 11 is 1.83. The molecule has 2 aliphatic rings. The third-order valence-electron chi connectivity index (χ3n) is 6.23. The molecule has 0 saturated carbocycles. The number of rotatable bonds is 2. The number of thiazole rings is 1. The number of nitrogens with zero attached hydrogens (tertiary/aromatic N) is 3. The van der Waals surface area contributed by atoms with E-state index < -0.39 is 5.60 Å². The average molecular weight is 430 g/mol. The SMILES string of the molecule is C[C@H]1CC[C@H](c2ccc3sc([C@H]4CCCN(C)C4)nc3c2)N(C(=O)OC(C)(C)C)C1. The van der Waals surface area contributed by atoms with Crippen LogP contribution >= 0.6 is 11.3 Å². The van der Waals surface area contributed by atoms with Gasteiger partial charge in [-0.3, -0.25) is 0 Å². The van der Waals surface area contributed by atoms with Gasteiger partial charge in [0.2, 0.25) is 0 Å². The molecule has 1 aromatic carbocycles. The van der Waals surface area contributed by atoms with E-state index in [0.717, 1.165) is 31.4 Å². The summed E-state index contributed by atoms with van der Waals surface area (Å²) in [6, 6.07) is 6.66. The fourth-order valence-corrected chi connectivity index (χ4v) is 5.81. The Balaban J connectivity index is 1.59. The van der Waals surface area contributed by atoms with Gasteiger partial charge in [0.15, 0.2) is 0 Å². The molecule has 6 heteroatoms. The summed E-state index contributed by atoms with van der Waals surface area (Å²) in [5.74, 6) is 1.03. The Morgan fingerprint density at radius 3 is 2.73 bits per heavy atom. The first-order valence-corrected chi connectivity index (χ1v) is 12.1. The first kappa shape index (κ1) is 21.6. The number of likely N-dealkylation sites (N-methyl/N-ethyl adjacent to an activating group) is 1. The Morgan fingerprint density at radius 1 is 1.20 bits per heavy atom. The Labute approximate surface area is 184 Å². The molecular formula is C24H35N3O2S. The zero-order valence-electron chi connectivity index (χ0n) is 19.0. The van der Waals surface area contributed by atoms with E-state index in [0.29, 0.717) is 11.8 Å². The quantitative estimate of drug-likeness (QED) is 0.604. The van der Waals surface area contributed by atoms with E-state index in [1.807, 2.05) is 37.0 Å². The van der Waals surface area contributed by atoms with Crippen molar-refractivity contribution < 1.29 is 9.53 Å². The van der Waals surface area contributed by atoms with E-state index in [-0.39, 0.29) is 12.1 Å². The van der Waals surface area contributed by atoms with Crippen molar-refractivity contribution >= 4 is 27.6 Å². The highest BCUT2D eigenvalue weighted by atomic mass is 32.1. The van der Waals surface area contributed by atoms with E-state index in [1.54, 1.807) is 0 Å². The van der Waals surface area contributed by atoms with Gasteiger partial charge in [-0.15, -0.1) is 11.3 Å². The van der Waals surface area contributed by atoms with Gasteiger partial charge >= 0.3 is 6.09 Å². The number of piperidine rings is 2. The molecule has 3 atom stereocenters. The van der Waals surface area contributed by atoms with Crippen molar-refractivity contribution in [3.8, 4) is 0 Å². The number of benzene rings is 1.